The molecule has 8 nitrogen and oxygen atoms in total. The molecule has 0 aliphatic rings. The molecule has 2 aromatic heterocycles. The van der Waals surface area contributed by atoms with Crippen molar-refractivity contribution in [2.24, 2.45) is 5.73 Å². The molecular formula is C21H19F5N4O4S. The number of aliphatic carboxylic acids is 1. The number of aromatic nitrogens is 3. The van der Waals surface area contributed by atoms with Crippen molar-refractivity contribution in [2.45, 2.75) is 26.2 Å². The molecule has 3 N–H and O–H groups in total. The van der Waals surface area contributed by atoms with Crippen LogP contribution in [0.25, 0.3) is 10.4 Å². The van der Waals surface area contributed by atoms with E-state index in [-0.39, 0.29) is 31.0 Å². The van der Waals surface area contributed by atoms with Crippen LogP contribution in [0.1, 0.15) is 22.2 Å². The van der Waals surface area contributed by atoms with Gasteiger partial charge in [-0.25, -0.2) is 14.3 Å². The zero-order chi connectivity index (χ0) is 26.3. The van der Waals surface area contributed by atoms with Gasteiger partial charge in [-0.3, -0.25) is 9.36 Å². The molecule has 0 aliphatic carbocycles. The highest BCUT2D eigenvalue weighted by atomic mass is 32.1. The normalized spacial score (nSPS) is 10.9. The van der Waals surface area contributed by atoms with Gasteiger partial charge in [0.2, 0.25) is 0 Å². The lowest BCUT2D eigenvalue weighted by molar-refractivity contribution is -0.192. The summed E-state index contributed by atoms with van der Waals surface area (Å²) in [6, 6.07) is 11.1. The lowest BCUT2D eigenvalue weighted by Crippen LogP contribution is -2.27. The van der Waals surface area contributed by atoms with E-state index >= 15 is 0 Å². The fourth-order valence-corrected chi connectivity index (χ4v) is 3.64. The number of hydrogen-bond donors (Lipinski definition) is 2. The number of nitrogens with two attached hydrogens (primary N) is 1. The first kappa shape index (κ1) is 27.6. The smallest absolute Gasteiger partial charge is 0.475 e. The molecule has 0 bridgehead atoms. The Kier molecular flexibility index (Phi) is 9.19. The fourth-order valence-electron chi connectivity index (χ4n) is 2.63. The Morgan fingerprint density at radius 3 is 2.20 bits per heavy atom. The van der Waals surface area contributed by atoms with E-state index in [1.165, 1.54) is 29.2 Å². The quantitative estimate of drug-likeness (QED) is 0.363. The molecule has 3 aromatic rings. The highest BCUT2D eigenvalue weighted by Crippen LogP contribution is 2.28. The third-order valence-corrected chi connectivity index (χ3v) is 5.58. The minimum atomic E-state index is -5.08. The summed E-state index contributed by atoms with van der Waals surface area (Å²) in [7, 11) is 0. The molecule has 3 rings (SSSR count). The molecule has 0 amide bonds. The fraction of sp³-hybridized carbons (Fsp3) is 0.238. The number of thiophene rings is 1. The highest BCUT2D eigenvalue weighted by Gasteiger charge is 2.38. The van der Waals surface area contributed by atoms with Crippen LogP contribution in [0.15, 0.2) is 59.2 Å². The summed E-state index contributed by atoms with van der Waals surface area (Å²) in [5.41, 5.74) is 6.10. The van der Waals surface area contributed by atoms with E-state index < -0.39 is 23.9 Å². The lowest BCUT2D eigenvalue weighted by Gasteiger charge is -2.02. The first-order valence-corrected chi connectivity index (χ1v) is 10.5. The van der Waals surface area contributed by atoms with Crippen molar-refractivity contribution in [1.82, 2.24) is 14.3 Å². The maximum atomic E-state index is 12.7. The van der Waals surface area contributed by atoms with Crippen LogP contribution in [0.4, 0.5) is 22.0 Å². The number of carbonyl (C=O) groups excluding carboxylic acids is 1. The summed E-state index contributed by atoms with van der Waals surface area (Å²) >= 11 is 1.51. The third kappa shape index (κ3) is 7.68. The number of halogens is 5. The first-order chi connectivity index (χ1) is 16.3. The molecule has 14 heteroatoms. The van der Waals surface area contributed by atoms with E-state index in [1.807, 2.05) is 24.3 Å². The van der Waals surface area contributed by atoms with Crippen molar-refractivity contribution in [3.63, 3.8) is 0 Å². The molecule has 0 saturated heterocycles. The Morgan fingerprint density at radius 1 is 1.11 bits per heavy atom. The number of nitrogens with zero attached hydrogens (tertiary/aromatic N) is 3. The first-order valence-electron chi connectivity index (χ1n) is 9.69. The van der Waals surface area contributed by atoms with E-state index in [1.54, 1.807) is 12.1 Å². The minimum absolute atomic E-state index is 0.00934. The Hall–Kier alpha value is -3.65. The van der Waals surface area contributed by atoms with Crippen molar-refractivity contribution < 1.29 is 36.6 Å². The number of Topliss-reactive ketones (excluding diaryl/α,β-unsaturated/α-hetero) is 1. The van der Waals surface area contributed by atoms with Crippen LogP contribution in [-0.2, 0) is 17.9 Å². The molecule has 0 fully saturated rings. The van der Waals surface area contributed by atoms with Crippen LogP contribution in [0, 0.1) is 0 Å². The van der Waals surface area contributed by atoms with E-state index in [0.29, 0.717) is 5.56 Å². The Balaban J connectivity index is 0.000000540. The molecule has 188 valence electrons. The van der Waals surface area contributed by atoms with Crippen LogP contribution in [0.3, 0.4) is 0 Å². The summed E-state index contributed by atoms with van der Waals surface area (Å²) in [6.45, 7) is 1.14. The maximum Gasteiger partial charge on any atom is 0.490 e. The van der Waals surface area contributed by atoms with Crippen molar-refractivity contribution in [3.8, 4) is 10.4 Å². The number of carbonyl (C=O) groups is 2. The van der Waals surface area contributed by atoms with Gasteiger partial charge in [0, 0.05) is 27.4 Å². The molecule has 0 radical (unpaired) electrons. The summed E-state index contributed by atoms with van der Waals surface area (Å²) in [5, 5.41) is 11.0. The average molecular weight is 518 g/mol. The molecular weight excluding hydrogens is 499 g/mol. The van der Waals surface area contributed by atoms with E-state index in [0.717, 1.165) is 20.0 Å². The Labute approximate surface area is 198 Å². The number of ketones is 1. The number of rotatable bonds is 7. The SMILES string of the molecule is CC(=O)c1ccc(-c2ccc(Cn3cnn(CC(CN)=C(F)F)c3=O)s2)cc1.O=C(O)C(F)(F)F. The van der Waals surface area contributed by atoms with E-state index in [2.05, 4.69) is 5.10 Å². The maximum absolute atomic E-state index is 12.7. The standard InChI is InChI=1S/C19H18F2N4O2S.C2HF3O2/c1-12(26)13-2-4-14(5-3-13)17-7-6-16(28-17)10-24-11-23-25(19(24)27)9-15(8-22)18(20)21;3-2(4,5)1(6)7/h2-7,11H,8-10,22H2,1H3;(H,6,7). The summed E-state index contributed by atoms with van der Waals surface area (Å²) < 4.78 is 59.5. The van der Waals surface area contributed by atoms with Gasteiger partial charge in [-0.2, -0.15) is 27.1 Å². The van der Waals surface area contributed by atoms with Gasteiger partial charge < -0.3 is 10.8 Å². The molecule has 35 heavy (non-hydrogen) atoms. The second kappa shape index (κ2) is 11.7. The lowest BCUT2D eigenvalue weighted by atomic mass is 10.1. The third-order valence-electron chi connectivity index (χ3n) is 4.46. The van der Waals surface area contributed by atoms with Gasteiger partial charge in [-0.05, 0) is 24.6 Å². The number of carboxylic acid groups (broad SMARTS) is 1. The van der Waals surface area contributed by atoms with Gasteiger partial charge in [0.1, 0.15) is 6.33 Å². The number of hydrogen-bond acceptors (Lipinski definition) is 6. The highest BCUT2D eigenvalue weighted by molar-refractivity contribution is 7.15. The van der Waals surface area contributed by atoms with E-state index in [9.17, 15) is 31.5 Å². The number of benzene rings is 1. The molecule has 0 spiro atoms. The average Bonchev–Trinajstić information content (AvgIpc) is 3.39. The van der Waals surface area contributed by atoms with Gasteiger partial charge in [-0.1, -0.05) is 24.3 Å². The second-order valence-electron chi connectivity index (χ2n) is 6.97. The predicted octanol–water partition coefficient (Wildman–Crippen LogP) is 3.77. The largest absolute Gasteiger partial charge is 0.490 e. The second-order valence-corrected chi connectivity index (χ2v) is 8.14. The van der Waals surface area contributed by atoms with E-state index in [4.69, 9.17) is 15.6 Å². The molecule has 0 saturated carbocycles. The van der Waals surface area contributed by atoms with Gasteiger partial charge in [-0.15, -0.1) is 11.3 Å². The van der Waals surface area contributed by atoms with Crippen LogP contribution in [0.2, 0.25) is 0 Å². The van der Waals surface area contributed by atoms with Gasteiger partial charge in [0.05, 0.1) is 13.1 Å². The van der Waals surface area contributed by atoms with Gasteiger partial charge >= 0.3 is 17.8 Å². The van der Waals surface area contributed by atoms with Crippen molar-refractivity contribution >= 4 is 23.1 Å². The van der Waals surface area contributed by atoms with Crippen molar-refractivity contribution in [2.75, 3.05) is 6.54 Å². The monoisotopic (exact) mass is 518 g/mol. The van der Waals surface area contributed by atoms with Crippen LogP contribution < -0.4 is 11.4 Å². The number of alkyl halides is 3. The molecule has 0 aliphatic heterocycles. The predicted molar refractivity (Wildman–Crippen MR) is 117 cm³/mol. The molecule has 0 unspecified atom stereocenters. The van der Waals surface area contributed by atoms with Crippen LogP contribution in [-0.4, -0.2) is 43.9 Å². The Bertz CT molecular complexity index is 1270. The Morgan fingerprint density at radius 2 is 1.71 bits per heavy atom. The van der Waals surface area contributed by atoms with Gasteiger partial charge in [0.25, 0.3) is 6.08 Å². The molecule has 2 heterocycles. The van der Waals surface area contributed by atoms with Gasteiger partial charge in [0.15, 0.2) is 5.78 Å². The van der Waals surface area contributed by atoms with Crippen LogP contribution in [0.5, 0.6) is 0 Å². The topological polar surface area (TPSA) is 120 Å². The summed E-state index contributed by atoms with van der Waals surface area (Å²) in [5.74, 6) is -2.75. The van der Waals surface area contributed by atoms with Crippen LogP contribution >= 0.6 is 11.3 Å². The minimum Gasteiger partial charge on any atom is -0.475 e. The molecule has 0 atom stereocenters. The van der Waals surface area contributed by atoms with Crippen molar-refractivity contribution in [3.05, 3.63) is 75.3 Å². The molecule has 1 aromatic carbocycles. The zero-order valence-corrected chi connectivity index (χ0v) is 18.9. The number of carboxylic acids is 1. The summed E-state index contributed by atoms with van der Waals surface area (Å²) in [4.78, 5) is 34.5. The summed E-state index contributed by atoms with van der Waals surface area (Å²) in [6.07, 6.45) is -5.64. The zero-order valence-electron chi connectivity index (χ0n) is 18.1. The van der Waals surface area contributed by atoms with Crippen molar-refractivity contribution in [1.29, 1.82) is 0 Å².